The van der Waals surface area contributed by atoms with Crippen molar-refractivity contribution < 1.29 is 0 Å². The maximum atomic E-state index is 6.06. The van der Waals surface area contributed by atoms with Crippen LogP contribution in [0.15, 0.2) is 52.4 Å². The maximum Gasteiger partial charge on any atom is 0.0630 e. The van der Waals surface area contributed by atoms with Gasteiger partial charge in [0.2, 0.25) is 0 Å². The van der Waals surface area contributed by atoms with Crippen molar-refractivity contribution in [2.24, 2.45) is 4.99 Å². The van der Waals surface area contributed by atoms with E-state index >= 15 is 0 Å². The Morgan fingerprint density at radius 3 is 2.17 bits per heavy atom. The van der Waals surface area contributed by atoms with Crippen LogP contribution in [0.25, 0.3) is 0 Å². The molecule has 0 heterocycles. The van der Waals surface area contributed by atoms with E-state index in [0.29, 0.717) is 10.0 Å². The van der Waals surface area contributed by atoms with Gasteiger partial charge < -0.3 is 0 Å². The van der Waals surface area contributed by atoms with Crippen molar-refractivity contribution in [2.75, 3.05) is 6.26 Å². The lowest BCUT2D eigenvalue weighted by molar-refractivity contribution is 1.42. The van der Waals surface area contributed by atoms with Crippen molar-refractivity contribution in [1.29, 1.82) is 0 Å². The molecule has 0 spiro atoms. The third kappa shape index (κ3) is 3.29. The standard InChI is InChI=1S/C14H11Cl2NS/c1-18-11-7-5-10(6-8-11)17-9-12-13(15)3-2-4-14(12)16/h2-9H,1H3. The van der Waals surface area contributed by atoms with E-state index in [1.54, 1.807) is 30.1 Å². The topological polar surface area (TPSA) is 12.4 Å². The van der Waals surface area contributed by atoms with Crippen LogP contribution in [0, 0.1) is 0 Å². The fourth-order valence-electron chi connectivity index (χ4n) is 1.44. The highest BCUT2D eigenvalue weighted by molar-refractivity contribution is 7.98. The molecule has 4 heteroatoms. The number of nitrogens with zero attached hydrogens (tertiary/aromatic N) is 1. The minimum Gasteiger partial charge on any atom is -0.256 e. The van der Waals surface area contributed by atoms with Gasteiger partial charge in [0.15, 0.2) is 0 Å². The summed E-state index contributed by atoms with van der Waals surface area (Å²) in [5, 5.41) is 1.21. The average molecular weight is 296 g/mol. The van der Waals surface area contributed by atoms with Crippen molar-refractivity contribution in [1.82, 2.24) is 0 Å². The molecule has 0 aromatic heterocycles. The first-order chi connectivity index (χ1) is 8.70. The first-order valence-corrected chi connectivity index (χ1v) is 7.31. The Labute approximate surface area is 121 Å². The minimum atomic E-state index is 0.604. The lowest BCUT2D eigenvalue weighted by Crippen LogP contribution is -1.84. The highest BCUT2D eigenvalue weighted by atomic mass is 35.5. The molecule has 0 fully saturated rings. The molecule has 1 nitrogen and oxygen atoms in total. The molecule has 0 aliphatic heterocycles. The molecule has 2 rings (SSSR count). The average Bonchev–Trinajstić information content (AvgIpc) is 2.39. The van der Waals surface area contributed by atoms with Gasteiger partial charge in [0.1, 0.15) is 0 Å². The van der Waals surface area contributed by atoms with Gasteiger partial charge in [-0.1, -0.05) is 29.3 Å². The van der Waals surface area contributed by atoms with Crippen molar-refractivity contribution in [2.45, 2.75) is 4.90 Å². The van der Waals surface area contributed by atoms with Gasteiger partial charge >= 0.3 is 0 Å². The summed E-state index contributed by atoms with van der Waals surface area (Å²) in [4.78, 5) is 5.58. The first kappa shape index (κ1) is 13.5. The second-order valence-corrected chi connectivity index (χ2v) is 5.29. The van der Waals surface area contributed by atoms with E-state index in [1.807, 2.05) is 36.6 Å². The third-order valence-electron chi connectivity index (χ3n) is 2.41. The van der Waals surface area contributed by atoms with E-state index in [2.05, 4.69) is 4.99 Å². The number of benzene rings is 2. The molecule has 0 saturated carbocycles. The molecule has 0 amide bonds. The Balaban J connectivity index is 2.24. The van der Waals surface area contributed by atoms with Crippen molar-refractivity contribution in [3.8, 4) is 0 Å². The van der Waals surface area contributed by atoms with E-state index in [0.717, 1.165) is 11.3 Å². The van der Waals surface area contributed by atoms with E-state index in [1.165, 1.54) is 4.90 Å². The predicted octanol–water partition coefficient (Wildman–Crippen LogP) is 5.47. The van der Waals surface area contributed by atoms with Gasteiger partial charge in [-0.15, -0.1) is 11.8 Å². The Hall–Kier alpha value is -0.960. The SMILES string of the molecule is CSc1ccc(N=Cc2c(Cl)cccc2Cl)cc1. The van der Waals surface area contributed by atoms with Gasteiger partial charge in [-0.25, -0.2) is 0 Å². The number of aliphatic imine (C=N–C) groups is 1. The van der Waals surface area contributed by atoms with E-state index in [9.17, 15) is 0 Å². The molecule has 0 saturated heterocycles. The summed E-state index contributed by atoms with van der Waals surface area (Å²) in [5.74, 6) is 0. The number of rotatable bonds is 3. The molecule has 0 atom stereocenters. The van der Waals surface area contributed by atoms with Gasteiger partial charge in [-0.3, -0.25) is 4.99 Å². The van der Waals surface area contributed by atoms with E-state index in [4.69, 9.17) is 23.2 Å². The number of hydrogen-bond donors (Lipinski definition) is 0. The highest BCUT2D eigenvalue weighted by Crippen LogP contribution is 2.24. The molecular formula is C14H11Cl2NS. The fraction of sp³-hybridized carbons (Fsp3) is 0.0714. The predicted molar refractivity (Wildman–Crippen MR) is 81.9 cm³/mol. The zero-order valence-corrected chi connectivity index (χ0v) is 12.1. The summed E-state index contributed by atoms with van der Waals surface area (Å²) >= 11 is 13.8. The molecule has 18 heavy (non-hydrogen) atoms. The summed E-state index contributed by atoms with van der Waals surface area (Å²) in [5.41, 5.74) is 1.62. The third-order valence-corrected chi connectivity index (χ3v) is 3.82. The Bertz CT molecular complexity index is 544. The zero-order chi connectivity index (χ0) is 13.0. The lowest BCUT2D eigenvalue weighted by Gasteiger charge is -2.01. The highest BCUT2D eigenvalue weighted by Gasteiger charge is 2.01. The number of thioether (sulfide) groups is 1. The second kappa shape index (κ2) is 6.28. The normalized spacial score (nSPS) is 11.1. The van der Waals surface area contributed by atoms with Crippen molar-refractivity contribution in [3.63, 3.8) is 0 Å². The Morgan fingerprint density at radius 2 is 1.61 bits per heavy atom. The molecule has 0 N–H and O–H groups in total. The smallest absolute Gasteiger partial charge is 0.0630 e. The summed E-state index contributed by atoms with van der Waals surface area (Å²) in [6, 6.07) is 13.4. The molecule has 0 unspecified atom stereocenters. The van der Waals surface area contributed by atoms with Crippen LogP contribution in [0.1, 0.15) is 5.56 Å². The van der Waals surface area contributed by atoms with Crippen LogP contribution in [0.2, 0.25) is 10.0 Å². The van der Waals surface area contributed by atoms with Crippen LogP contribution in [0.3, 0.4) is 0 Å². The van der Waals surface area contributed by atoms with Gasteiger partial charge in [-0.05, 0) is 42.7 Å². The summed E-state index contributed by atoms with van der Waals surface area (Å²) in [6.45, 7) is 0. The van der Waals surface area contributed by atoms with Gasteiger partial charge in [0.05, 0.1) is 15.7 Å². The second-order valence-electron chi connectivity index (χ2n) is 3.59. The quantitative estimate of drug-likeness (QED) is 0.540. The first-order valence-electron chi connectivity index (χ1n) is 5.33. The maximum absolute atomic E-state index is 6.06. The molecule has 0 radical (unpaired) electrons. The van der Waals surface area contributed by atoms with Crippen LogP contribution in [-0.4, -0.2) is 12.5 Å². The number of hydrogen-bond acceptors (Lipinski definition) is 2. The largest absolute Gasteiger partial charge is 0.256 e. The minimum absolute atomic E-state index is 0.604. The summed E-state index contributed by atoms with van der Waals surface area (Å²) in [6.07, 6.45) is 3.74. The molecular weight excluding hydrogens is 285 g/mol. The summed E-state index contributed by atoms with van der Waals surface area (Å²) < 4.78 is 0. The van der Waals surface area contributed by atoms with Gasteiger partial charge in [0.25, 0.3) is 0 Å². The Morgan fingerprint density at radius 1 is 1.00 bits per heavy atom. The molecule has 92 valence electrons. The monoisotopic (exact) mass is 295 g/mol. The van der Waals surface area contributed by atoms with Crippen LogP contribution in [0.5, 0.6) is 0 Å². The molecule has 0 aliphatic carbocycles. The molecule has 0 bridgehead atoms. The number of halogens is 2. The van der Waals surface area contributed by atoms with Crippen LogP contribution >= 0.6 is 35.0 Å². The van der Waals surface area contributed by atoms with Crippen LogP contribution < -0.4 is 0 Å². The lowest BCUT2D eigenvalue weighted by atomic mass is 10.2. The van der Waals surface area contributed by atoms with Gasteiger partial charge in [-0.2, -0.15) is 0 Å². The van der Waals surface area contributed by atoms with E-state index < -0.39 is 0 Å². The molecule has 0 aliphatic rings. The molecule has 2 aromatic carbocycles. The van der Waals surface area contributed by atoms with Gasteiger partial charge in [0, 0.05) is 16.7 Å². The van der Waals surface area contributed by atoms with Crippen LogP contribution in [0.4, 0.5) is 5.69 Å². The van der Waals surface area contributed by atoms with Crippen molar-refractivity contribution >= 4 is 46.9 Å². The van der Waals surface area contributed by atoms with Crippen molar-refractivity contribution in [3.05, 3.63) is 58.1 Å². The molecule has 2 aromatic rings. The van der Waals surface area contributed by atoms with E-state index in [-0.39, 0.29) is 0 Å². The Kier molecular flexibility index (Phi) is 4.70. The van der Waals surface area contributed by atoms with Crippen LogP contribution in [-0.2, 0) is 0 Å². The fourth-order valence-corrected chi connectivity index (χ4v) is 2.34. The summed E-state index contributed by atoms with van der Waals surface area (Å²) in [7, 11) is 0. The zero-order valence-electron chi connectivity index (χ0n) is 9.73.